The van der Waals surface area contributed by atoms with Gasteiger partial charge in [0.15, 0.2) is 0 Å². The van der Waals surface area contributed by atoms with Gasteiger partial charge in [0, 0.05) is 24.6 Å². The van der Waals surface area contributed by atoms with Crippen LogP contribution in [0.25, 0.3) is 0 Å². The third kappa shape index (κ3) is 3.45. The van der Waals surface area contributed by atoms with E-state index in [1.165, 1.54) is 7.11 Å². The van der Waals surface area contributed by atoms with Crippen molar-refractivity contribution in [1.29, 1.82) is 0 Å². The molecule has 2 N–H and O–H groups in total. The minimum absolute atomic E-state index is 0.117. The number of aliphatic hydroxyl groups excluding tert-OH is 1. The summed E-state index contributed by atoms with van der Waals surface area (Å²) in [5.41, 5.74) is -1.56. The number of methoxy groups -OCH3 is 1. The summed E-state index contributed by atoms with van der Waals surface area (Å²) in [5, 5.41) is 23.7. The number of rotatable bonds is 5. The fraction of sp³-hybridized carbons (Fsp3) is 0.500. The first kappa shape index (κ1) is 20.2. The third-order valence-corrected chi connectivity index (χ3v) is 6.48. The number of nitro groups is 1. The predicted molar refractivity (Wildman–Crippen MR) is 91.4 cm³/mol. The van der Waals surface area contributed by atoms with Crippen LogP contribution in [0.1, 0.15) is 19.3 Å². The number of amides is 1. The van der Waals surface area contributed by atoms with Gasteiger partial charge in [-0.05, 0) is 25.0 Å². The molecular weight excluding hydrogens is 396 g/mol. The van der Waals surface area contributed by atoms with E-state index < -0.39 is 50.6 Å². The monoisotopic (exact) mass is 414 g/mol. The summed E-state index contributed by atoms with van der Waals surface area (Å²) in [6.07, 6.45) is -3.03. The first-order valence-corrected chi connectivity index (χ1v) is 9.73. The van der Waals surface area contributed by atoms with E-state index in [0.29, 0.717) is 0 Å². The van der Waals surface area contributed by atoms with Crippen molar-refractivity contribution in [2.24, 2.45) is 5.41 Å². The average molecular weight is 414 g/mol. The van der Waals surface area contributed by atoms with Crippen molar-refractivity contribution >= 4 is 27.7 Å². The number of hydrogen-bond acceptors (Lipinski definition) is 9. The van der Waals surface area contributed by atoms with Crippen molar-refractivity contribution in [3.8, 4) is 0 Å². The molecule has 1 aromatic rings. The average Bonchev–Trinajstić information content (AvgIpc) is 2.97. The van der Waals surface area contributed by atoms with E-state index in [1.807, 2.05) is 0 Å². The smallest absolute Gasteiger partial charge is 0.314 e. The second-order valence-corrected chi connectivity index (χ2v) is 8.36. The molecule has 12 heteroatoms. The molecule has 2 fully saturated rings. The molecule has 1 aromatic carbocycles. The van der Waals surface area contributed by atoms with Gasteiger partial charge in [-0.15, -0.1) is 0 Å². The van der Waals surface area contributed by atoms with Crippen molar-refractivity contribution in [3.05, 3.63) is 34.4 Å². The Kier molecular flexibility index (Phi) is 5.12. The Morgan fingerprint density at radius 1 is 1.36 bits per heavy atom. The van der Waals surface area contributed by atoms with Gasteiger partial charge in [0.25, 0.3) is 15.8 Å². The summed E-state index contributed by atoms with van der Waals surface area (Å²) in [6.45, 7) is 0. The molecule has 2 aliphatic rings. The molecule has 28 heavy (non-hydrogen) atoms. The molecule has 0 radical (unpaired) electrons. The fourth-order valence-electron chi connectivity index (χ4n) is 3.74. The van der Waals surface area contributed by atoms with E-state index in [4.69, 9.17) is 8.92 Å². The van der Waals surface area contributed by atoms with Gasteiger partial charge in [-0.1, -0.05) is 0 Å². The van der Waals surface area contributed by atoms with Crippen LogP contribution in [-0.2, 0) is 28.6 Å². The van der Waals surface area contributed by atoms with E-state index in [-0.39, 0.29) is 29.8 Å². The molecule has 4 atom stereocenters. The highest BCUT2D eigenvalue weighted by Gasteiger charge is 2.59. The molecule has 1 saturated carbocycles. The number of hydrogen-bond donors (Lipinski definition) is 2. The standard InChI is InChI=1S/C16H18N2O9S/c1-26-15(21)16-7-11(19)12(6-13(16)17-14(20)8-16)27-28(24,25)10-4-2-9(3-5-10)18(22)23/h2-5,11-13,19H,6-8H2,1H3,(H,17,20)/t11-,12+,13-,16+/m0/s1. The Balaban J connectivity index is 1.81. The second-order valence-electron chi connectivity index (χ2n) is 6.79. The number of carbonyl (C=O) groups is 2. The van der Waals surface area contributed by atoms with Gasteiger partial charge in [-0.2, -0.15) is 8.42 Å². The van der Waals surface area contributed by atoms with Crippen LogP contribution in [0, 0.1) is 15.5 Å². The maximum absolute atomic E-state index is 12.5. The topological polar surface area (TPSA) is 162 Å². The van der Waals surface area contributed by atoms with Crippen LogP contribution >= 0.6 is 0 Å². The van der Waals surface area contributed by atoms with E-state index in [2.05, 4.69) is 5.32 Å². The SMILES string of the molecule is COC(=O)[C@]12CC(=O)N[C@H]1C[C@@H](OS(=O)(=O)c1ccc([N+](=O)[O-])cc1)[C@@H](O)C2. The van der Waals surface area contributed by atoms with Gasteiger partial charge in [0.05, 0.1) is 28.4 Å². The van der Waals surface area contributed by atoms with Gasteiger partial charge in [-0.25, -0.2) is 0 Å². The lowest BCUT2D eigenvalue weighted by molar-refractivity contribution is -0.384. The maximum atomic E-state index is 12.5. The Morgan fingerprint density at radius 3 is 2.57 bits per heavy atom. The minimum atomic E-state index is -4.33. The molecular formula is C16H18N2O9S. The zero-order valence-electron chi connectivity index (χ0n) is 14.7. The number of esters is 1. The van der Waals surface area contributed by atoms with Crippen LogP contribution < -0.4 is 5.32 Å². The highest BCUT2D eigenvalue weighted by molar-refractivity contribution is 7.86. The van der Waals surface area contributed by atoms with Crippen LogP contribution in [0.4, 0.5) is 5.69 Å². The molecule has 1 saturated heterocycles. The number of carbonyl (C=O) groups excluding carboxylic acids is 2. The van der Waals surface area contributed by atoms with Crippen LogP contribution in [-0.4, -0.2) is 55.7 Å². The first-order chi connectivity index (χ1) is 13.1. The number of aliphatic hydroxyl groups is 1. The number of non-ortho nitro benzene ring substituents is 1. The molecule has 1 aliphatic heterocycles. The lowest BCUT2D eigenvalue weighted by Crippen LogP contribution is -2.55. The van der Waals surface area contributed by atoms with E-state index in [1.54, 1.807) is 0 Å². The lowest BCUT2D eigenvalue weighted by atomic mass is 9.68. The lowest BCUT2D eigenvalue weighted by Gasteiger charge is -2.41. The Morgan fingerprint density at radius 2 is 2.00 bits per heavy atom. The Hall–Kier alpha value is -2.57. The molecule has 0 bridgehead atoms. The van der Waals surface area contributed by atoms with E-state index in [9.17, 15) is 33.2 Å². The predicted octanol–water partition coefficient (Wildman–Crippen LogP) is -0.129. The molecule has 0 unspecified atom stereocenters. The van der Waals surface area contributed by atoms with E-state index in [0.717, 1.165) is 24.3 Å². The van der Waals surface area contributed by atoms with Crippen molar-refractivity contribution in [2.45, 2.75) is 42.4 Å². The molecule has 0 aromatic heterocycles. The maximum Gasteiger partial charge on any atom is 0.314 e. The number of nitro benzene ring substituents is 1. The number of ether oxygens (including phenoxy) is 1. The van der Waals surface area contributed by atoms with Crippen LogP contribution in [0.3, 0.4) is 0 Å². The minimum Gasteiger partial charge on any atom is -0.469 e. The number of nitrogens with one attached hydrogen (secondary N) is 1. The van der Waals surface area contributed by atoms with Crippen molar-refractivity contribution in [3.63, 3.8) is 0 Å². The Bertz CT molecular complexity index is 915. The summed E-state index contributed by atoms with van der Waals surface area (Å²) in [6, 6.07) is 3.35. The van der Waals surface area contributed by atoms with Gasteiger partial charge in [-0.3, -0.25) is 23.9 Å². The molecule has 3 rings (SSSR count). The molecule has 0 spiro atoms. The molecule has 1 aliphatic carbocycles. The van der Waals surface area contributed by atoms with Crippen LogP contribution in [0.15, 0.2) is 29.2 Å². The summed E-state index contributed by atoms with van der Waals surface area (Å²) in [4.78, 5) is 33.7. The Labute approximate surface area is 159 Å². The summed E-state index contributed by atoms with van der Waals surface area (Å²) in [5.74, 6) is -1.06. The van der Waals surface area contributed by atoms with Crippen LogP contribution in [0.2, 0.25) is 0 Å². The second kappa shape index (κ2) is 7.11. The largest absolute Gasteiger partial charge is 0.469 e. The van der Waals surface area contributed by atoms with E-state index >= 15 is 0 Å². The molecule has 11 nitrogen and oxygen atoms in total. The third-order valence-electron chi connectivity index (χ3n) is 5.13. The fourth-order valence-corrected chi connectivity index (χ4v) is 4.86. The highest BCUT2D eigenvalue weighted by Crippen LogP contribution is 2.45. The summed E-state index contributed by atoms with van der Waals surface area (Å²) < 4.78 is 34.8. The molecule has 152 valence electrons. The zero-order chi connectivity index (χ0) is 20.7. The summed E-state index contributed by atoms with van der Waals surface area (Å²) >= 11 is 0. The number of nitrogens with zero attached hydrogens (tertiary/aromatic N) is 1. The zero-order valence-corrected chi connectivity index (χ0v) is 15.5. The quantitative estimate of drug-likeness (QED) is 0.289. The normalized spacial score (nSPS) is 29.6. The van der Waals surface area contributed by atoms with Gasteiger partial charge < -0.3 is 15.2 Å². The number of fused-ring (bicyclic) bond motifs is 1. The summed E-state index contributed by atoms with van der Waals surface area (Å²) in [7, 11) is -3.16. The molecule has 1 amide bonds. The molecule has 1 heterocycles. The van der Waals surface area contributed by atoms with Gasteiger partial charge in [0.2, 0.25) is 5.91 Å². The van der Waals surface area contributed by atoms with Crippen molar-refractivity contribution < 1.29 is 37.0 Å². The number of benzene rings is 1. The van der Waals surface area contributed by atoms with Gasteiger partial charge >= 0.3 is 5.97 Å². The van der Waals surface area contributed by atoms with Gasteiger partial charge in [0.1, 0.15) is 6.10 Å². The van der Waals surface area contributed by atoms with Crippen molar-refractivity contribution in [1.82, 2.24) is 5.32 Å². The van der Waals surface area contributed by atoms with Crippen molar-refractivity contribution in [2.75, 3.05) is 7.11 Å². The first-order valence-electron chi connectivity index (χ1n) is 8.32. The van der Waals surface area contributed by atoms with Crippen LogP contribution in [0.5, 0.6) is 0 Å². The highest BCUT2D eigenvalue weighted by atomic mass is 32.2.